The minimum absolute atomic E-state index is 0.141. The second-order valence-corrected chi connectivity index (χ2v) is 4.80. The van der Waals surface area contributed by atoms with Crippen LogP contribution in [0.25, 0.3) is 0 Å². The molecular weight excluding hydrogens is 244 g/mol. The van der Waals surface area contributed by atoms with Gasteiger partial charge >= 0.3 is 23.9 Å². The van der Waals surface area contributed by atoms with Crippen molar-refractivity contribution in [3.8, 4) is 0 Å². The summed E-state index contributed by atoms with van der Waals surface area (Å²) in [5, 5.41) is 0. The molecule has 0 N–H and O–H groups in total. The molecule has 7 heteroatoms. The molecule has 0 heterocycles. The second kappa shape index (κ2) is 7.05. The van der Waals surface area contributed by atoms with Crippen LogP contribution in [0.2, 0.25) is 12.1 Å². The minimum atomic E-state index is -1.92. The Morgan fingerprint density at radius 3 is 1.53 bits per heavy atom. The molecule has 0 bridgehead atoms. The number of ether oxygens (including phenoxy) is 3. The maximum absolute atomic E-state index is 11.0. The van der Waals surface area contributed by atoms with Gasteiger partial charge in [0, 0.05) is 20.8 Å². The van der Waals surface area contributed by atoms with Gasteiger partial charge in [-0.3, -0.25) is 14.4 Å². The molecule has 0 amide bonds. The van der Waals surface area contributed by atoms with E-state index in [0.29, 0.717) is 9.52 Å². The third kappa shape index (κ3) is 6.72. The number of carbonyl (C=O) groups is 3. The van der Waals surface area contributed by atoms with Gasteiger partial charge in [0.25, 0.3) is 0 Å². The smallest absolute Gasteiger partial charge is 0.388 e. The zero-order chi connectivity index (χ0) is 13.5. The summed E-state index contributed by atoms with van der Waals surface area (Å²) in [6.07, 6.45) is 0. The minimum Gasteiger partial charge on any atom is -0.388 e. The van der Waals surface area contributed by atoms with Crippen molar-refractivity contribution in [3.05, 3.63) is 0 Å². The van der Waals surface area contributed by atoms with Gasteiger partial charge in [-0.1, -0.05) is 13.0 Å². The molecule has 0 aromatic carbocycles. The molecule has 6 nitrogen and oxygen atoms in total. The first kappa shape index (κ1) is 15.6. The molecule has 0 aliphatic rings. The summed E-state index contributed by atoms with van der Waals surface area (Å²) < 4.78 is 14.5. The molecule has 96 valence electrons. The van der Waals surface area contributed by atoms with Gasteiger partial charge in [-0.05, 0) is 0 Å². The largest absolute Gasteiger partial charge is 0.420 e. The van der Waals surface area contributed by atoms with Crippen molar-refractivity contribution in [2.24, 2.45) is 0 Å². The van der Waals surface area contributed by atoms with Gasteiger partial charge in [-0.2, -0.15) is 0 Å². The van der Waals surface area contributed by atoms with E-state index >= 15 is 0 Å². The van der Waals surface area contributed by atoms with Crippen LogP contribution in [0.4, 0.5) is 0 Å². The lowest BCUT2D eigenvalue weighted by atomic mass is 10.5. The third-order valence-electron chi connectivity index (χ3n) is 1.49. The summed E-state index contributed by atoms with van der Waals surface area (Å²) in [5.41, 5.74) is 0. The zero-order valence-electron chi connectivity index (χ0n) is 10.4. The highest BCUT2D eigenvalue weighted by molar-refractivity contribution is 6.35. The first-order valence-corrected chi connectivity index (χ1v) is 6.52. The van der Waals surface area contributed by atoms with Crippen molar-refractivity contribution < 1.29 is 28.6 Å². The van der Waals surface area contributed by atoms with E-state index in [1.165, 1.54) is 0 Å². The molecule has 0 fully saturated rings. The summed E-state index contributed by atoms with van der Waals surface area (Å²) in [5.74, 6) is -3.98. The number of esters is 3. The Kier molecular flexibility index (Phi) is 6.48. The van der Waals surface area contributed by atoms with Crippen molar-refractivity contribution in [2.75, 3.05) is 0 Å². The third-order valence-corrected chi connectivity index (χ3v) is 2.67. The van der Waals surface area contributed by atoms with Gasteiger partial charge in [-0.25, -0.2) is 0 Å². The second-order valence-electron chi connectivity index (χ2n) is 3.24. The van der Waals surface area contributed by atoms with E-state index in [4.69, 9.17) is 14.2 Å². The van der Waals surface area contributed by atoms with Crippen molar-refractivity contribution in [3.63, 3.8) is 0 Å². The van der Waals surface area contributed by atoms with E-state index in [9.17, 15) is 14.4 Å². The fourth-order valence-corrected chi connectivity index (χ4v) is 1.88. The molecule has 17 heavy (non-hydrogen) atoms. The van der Waals surface area contributed by atoms with Crippen LogP contribution in [0.5, 0.6) is 0 Å². The van der Waals surface area contributed by atoms with Crippen LogP contribution in [-0.2, 0) is 28.6 Å². The summed E-state index contributed by atoms with van der Waals surface area (Å²) >= 11 is 0. The SMILES string of the molecule is CC[Si]CC(OC(C)=O)(OC(C)=O)OC(C)=O. The Bertz CT molecular complexity index is 260. The molecule has 0 aromatic heterocycles. The molecule has 0 atom stereocenters. The summed E-state index contributed by atoms with van der Waals surface area (Å²) in [7, 11) is 0.333. The van der Waals surface area contributed by atoms with Crippen LogP contribution in [0, 0.1) is 0 Å². The monoisotopic (exact) mass is 260 g/mol. The Morgan fingerprint density at radius 1 is 0.941 bits per heavy atom. The summed E-state index contributed by atoms with van der Waals surface area (Å²) in [6, 6.07) is 0.938. The predicted octanol–water partition coefficient (Wildman–Crippen LogP) is 0.890. The molecule has 0 spiro atoms. The normalized spacial score (nSPS) is 10.6. The standard InChI is InChI=1S/C10H16O6Si/c1-5-17-6-10(14-7(2)11,15-8(3)12)16-9(4)13/h5-6H2,1-4H3. The Balaban J connectivity index is 4.95. The van der Waals surface area contributed by atoms with Crippen LogP contribution in [0.3, 0.4) is 0 Å². The Hall–Kier alpha value is -1.37. The van der Waals surface area contributed by atoms with Crippen LogP contribution >= 0.6 is 0 Å². The van der Waals surface area contributed by atoms with Crippen LogP contribution < -0.4 is 0 Å². The first-order chi connectivity index (χ1) is 7.81. The first-order valence-electron chi connectivity index (χ1n) is 5.10. The highest BCUT2D eigenvalue weighted by Gasteiger charge is 2.40. The van der Waals surface area contributed by atoms with Gasteiger partial charge < -0.3 is 14.2 Å². The Morgan fingerprint density at radius 2 is 1.29 bits per heavy atom. The van der Waals surface area contributed by atoms with Gasteiger partial charge in [0.2, 0.25) is 0 Å². The highest BCUT2D eigenvalue weighted by Crippen LogP contribution is 2.22. The summed E-state index contributed by atoms with van der Waals surface area (Å²) in [4.78, 5) is 33.0. The van der Waals surface area contributed by atoms with Crippen molar-refractivity contribution >= 4 is 27.4 Å². The maximum Gasteiger partial charge on any atom is 0.420 e. The fourth-order valence-electron chi connectivity index (χ4n) is 1.11. The maximum atomic E-state index is 11.0. The molecule has 0 aliphatic carbocycles. The van der Waals surface area contributed by atoms with E-state index in [0.717, 1.165) is 26.8 Å². The van der Waals surface area contributed by atoms with Gasteiger partial charge in [0.1, 0.15) is 0 Å². The average Bonchev–Trinajstić information content (AvgIpc) is 2.11. The quantitative estimate of drug-likeness (QED) is 0.401. The van der Waals surface area contributed by atoms with Gasteiger partial charge in [0.15, 0.2) is 0 Å². The van der Waals surface area contributed by atoms with Crippen LogP contribution in [-0.4, -0.2) is 33.4 Å². The lowest BCUT2D eigenvalue weighted by Gasteiger charge is -2.29. The van der Waals surface area contributed by atoms with Crippen molar-refractivity contribution in [1.29, 1.82) is 0 Å². The van der Waals surface area contributed by atoms with E-state index in [1.54, 1.807) is 0 Å². The zero-order valence-corrected chi connectivity index (χ0v) is 11.4. The van der Waals surface area contributed by atoms with E-state index in [-0.39, 0.29) is 6.04 Å². The molecule has 2 radical (unpaired) electrons. The molecule has 0 aliphatic heterocycles. The molecule has 0 rings (SSSR count). The molecule has 0 saturated heterocycles. The van der Waals surface area contributed by atoms with Crippen molar-refractivity contribution in [2.45, 2.75) is 45.8 Å². The number of carbonyl (C=O) groups excluding carboxylic acids is 3. The van der Waals surface area contributed by atoms with E-state index in [1.807, 2.05) is 6.92 Å². The van der Waals surface area contributed by atoms with Gasteiger partial charge in [-0.15, -0.1) is 0 Å². The molecule has 0 aromatic rings. The van der Waals surface area contributed by atoms with Crippen LogP contribution in [0.1, 0.15) is 27.7 Å². The van der Waals surface area contributed by atoms with Crippen molar-refractivity contribution in [1.82, 2.24) is 0 Å². The van der Waals surface area contributed by atoms with Crippen LogP contribution in [0.15, 0.2) is 0 Å². The lowest BCUT2D eigenvalue weighted by molar-refractivity contribution is -0.317. The number of hydrogen-bond donors (Lipinski definition) is 0. The highest BCUT2D eigenvalue weighted by atomic mass is 28.2. The van der Waals surface area contributed by atoms with E-state index in [2.05, 4.69) is 0 Å². The summed E-state index contributed by atoms with van der Waals surface area (Å²) in [6.45, 7) is 5.36. The number of hydrogen-bond acceptors (Lipinski definition) is 6. The van der Waals surface area contributed by atoms with Gasteiger partial charge in [0.05, 0.1) is 15.6 Å². The van der Waals surface area contributed by atoms with E-state index < -0.39 is 23.9 Å². The topological polar surface area (TPSA) is 78.9 Å². The molecule has 0 unspecified atom stereocenters. The fraction of sp³-hybridized carbons (Fsp3) is 0.700. The molecular formula is C10H16O6Si. The Labute approximate surface area is 102 Å². The lowest BCUT2D eigenvalue weighted by Crippen LogP contribution is -2.44. The molecule has 0 saturated carbocycles. The predicted molar refractivity (Wildman–Crippen MR) is 59.1 cm³/mol. The average molecular weight is 260 g/mol. The number of rotatable bonds is 6.